The van der Waals surface area contributed by atoms with Crippen LogP contribution in [0.5, 0.6) is 0 Å². The van der Waals surface area contributed by atoms with E-state index in [0.29, 0.717) is 0 Å². The van der Waals surface area contributed by atoms with E-state index in [2.05, 4.69) is 12.6 Å². The molecule has 12 heavy (non-hydrogen) atoms. The maximum atomic E-state index is 9.43. The molecule has 0 heterocycles. The topological polar surface area (TPSA) is 74.6 Å². The van der Waals surface area contributed by atoms with Gasteiger partial charge in [0.2, 0.25) is 5.12 Å². The summed E-state index contributed by atoms with van der Waals surface area (Å²) in [5.74, 6) is -0.833. The molecular weight excluding hydrogens is 355 g/mol. The second-order valence-corrected chi connectivity index (χ2v) is 1.57. The molecule has 0 aliphatic rings. The number of carboxylic acids is 1. The quantitative estimate of drug-likeness (QED) is 0.437. The number of aliphatic hydroxyl groups is 1. The molecule has 0 aromatic carbocycles. The van der Waals surface area contributed by atoms with Gasteiger partial charge in [0, 0.05) is 6.92 Å². The van der Waals surface area contributed by atoms with Gasteiger partial charge >= 0.3 is 91.0 Å². The van der Waals surface area contributed by atoms with Crippen molar-refractivity contribution in [2.24, 2.45) is 0 Å². The molecule has 0 atom stereocenters. The second kappa shape index (κ2) is 23.5. The Morgan fingerprint density at radius 3 is 1.50 bits per heavy atom. The van der Waals surface area contributed by atoms with Gasteiger partial charge in [-0.15, -0.1) is 25.0 Å². The summed E-state index contributed by atoms with van der Waals surface area (Å²) in [4.78, 5) is 18.4. The molecule has 0 aliphatic carbocycles. The standard InChI is InChI=1S/C2H4O2S.C2H4O2.ClH.2Sr.4H/c3-1-2(4)5;1-2(3)4;;;;;;;/h3H,1H2,(H,4,5);1H3,(H,3,4);1H;;;;;;/q;;;2*+2;4*-1. The maximum Gasteiger partial charge on any atom is 2.00 e. The predicted molar refractivity (Wildman–Crippen MR) is 57.6 cm³/mol. The number of aliphatic carboxylic acids is 1. The molecule has 0 radical (unpaired) electrons. The smallest absolute Gasteiger partial charge is 1.00 e. The predicted octanol–water partition coefficient (Wildman–Crippen LogP) is -0.364. The summed E-state index contributed by atoms with van der Waals surface area (Å²) >= 11 is 3.21. The zero-order chi connectivity index (χ0) is 7.86. The van der Waals surface area contributed by atoms with Crippen molar-refractivity contribution in [1.82, 2.24) is 0 Å². The van der Waals surface area contributed by atoms with Gasteiger partial charge in [-0.05, 0) is 0 Å². The average molecular weight is 368 g/mol. The fourth-order valence-corrected chi connectivity index (χ4v) is 0. The van der Waals surface area contributed by atoms with Crippen LogP contribution in [0.4, 0.5) is 0 Å². The van der Waals surface area contributed by atoms with Crippen LogP contribution in [-0.4, -0.2) is 119 Å². The van der Waals surface area contributed by atoms with Crippen LogP contribution in [0.15, 0.2) is 0 Å². The number of halogens is 1. The van der Waals surface area contributed by atoms with Gasteiger partial charge < -0.3 is 15.9 Å². The van der Waals surface area contributed by atoms with E-state index < -0.39 is 17.7 Å². The zero-order valence-corrected chi connectivity index (χ0v) is 15.4. The molecule has 4 nitrogen and oxygen atoms in total. The Hall–Kier alpha value is 2.70. The van der Waals surface area contributed by atoms with E-state index in [1.807, 2.05) is 0 Å². The third kappa shape index (κ3) is 78.7. The van der Waals surface area contributed by atoms with Gasteiger partial charge in [-0.1, -0.05) is 0 Å². The van der Waals surface area contributed by atoms with E-state index in [9.17, 15) is 4.79 Å². The van der Waals surface area contributed by atoms with E-state index in [1.54, 1.807) is 0 Å². The molecule has 0 spiro atoms. The summed E-state index contributed by atoms with van der Waals surface area (Å²) in [5, 5.41) is 14.6. The van der Waals surface area contributed by atoms with Crippen molar-refractivity contribution in [2.45, 2.75) is 6.92 Å². The van der Waals surface area contributed by atoms with E-state index in [0.717, 1.165) is 6.92 Å². The minimum Gasteiger partial charge on any atom is -1.00 e. The van der Waals surface area contributed by atoms with Crippen molar-refractivity contribution in [1.29, 1.82) is 0 Å². The van der Waals surface area contributed by atoms with Gasteiger partial charge in [-0.2, -0.15) is 0 Å². The van der Waals surface area contributed by atoms with Crippen LogP contribution in [-0.2, 0) is 9.59 Å². The Morgan fingerprint density at radius 2 is 1.50 bits per heavy atom. The van der Waals surface area contributed by atoms with Crippen LogP contribution in [0.3, 0.4) is 0 Å². The van der Waals surface area contributed by atoms with Crippen molar-refractivity contribution < 1.29 is 25.5 Å². The summed E-state index contributed by atoms with van der Waals surface area (Å²) in [5.41, 5.74) is 0. The number of hydrogen-bond donors (Lipinski definition) is 3. The molecule has 0 bridgehead atoms. The Bertz CT molecular complexity index is 122. The number of carbonyl (C=O) groups is 2. The van der Waals surface area contributed by atoms with E-state index in [4.69, 9.17) is 15.0 Å². The first-order valence-corrected chi connectivity index (χ1v) is 2.47. The molecule has 0 saturated carbocycles. The summed E-state index contributed by atoms with van der Waals surface area (Å²) in [6.45, 7) is 0.614. The summed E-state index contributed by atoms with van der Waals surface area (Å²) in [6.07, 6.45) is 0. The molecule has 0 aromatic rings. The van der Waals surface area contributed by atoms with E-state index in [-0.39, 0.29) is 109 Å². The molecule has 0 fully saturated rings. The van der Waals surface area contributed by atoms with Crippen LogP contribution < -0.4 is 0 Å². The molecule has 8 heteroatoms. The third-order valence-electron chi connectivity index (χ3n) is 0.135. The van der Waals surface area contributed by atoms with Crippen molar-refractivity contribution in [3.63, 3.8) is 0 Å². The average Bonchev–Trinajstić information content (AvgIpc) is 1.65. The van der Waals surface area contributed by atoms with Crippen molar-refractivity contribution in [2.75, 3.05) is 6.61 Å². The number of carboxylic acid groups (broad SMARTS) is 1. The fraction of sp³-hybridized carbons (Fsp3) is 0.500. The largest absolute Gasteiger partial charge is 2.00 e. The van der Waals surface area contributed by atoms with Crippen LogP contribution >= 0.6 is 25.0 Å². The Balaban J connectivity index is -0.00000000614. The SMILES string of the molecule is CC(=O)O.Cl.O=C(S)CO.[H-].[H-].[H-].[H-].[Sr+2].[Sr+2]. The first kappa shape index (κ1) is 29.3. The summed E-state index contributed by atoms with van der Waals surface area (Å²) < 4.78 is 0. The molecule has 2 N–H and O–H groups in total. The van der Waals surface area contributed by atoms with Gasteiger partial charge in [0.05, 0.1) is 0 Å². The number of rotatable bonds is 1. The Labute approximate surface area is 163 Å². The number of hydrogen-bond acceptors (Lipinski definition) is 3. The molecule has 0 saturated heterocycles. The van der Waals surface area contributed by atoms with Gasteiger partial charge in [-0.25, -0.2) is 0 Å². The minimum atomic E-state index is -0.833. The van der Waals surface area contributed by atoms with E-state index in [1.165, 1.54) is 0 Å². The Morgan fingerprint density at radius 1 is 1.42 bits per heavy atom. The maximum absolute atomic E-state index is 9.43. The van der Waals surface area contributed by atoms with Gasteiger partial charge in [0.15, 0.2) is 0 Å². The van der Waals surface area contributed by atoms with Crippen LogP contribution in [0, 0.1) is 0 Å². The number of carbonyl (C=O) groups excluding carboxylic acids is 1. The van der Waals surface area contributed by atoms with Crippen molar-refractivity contribution >= 4 is 127 Å². The number of thiol groups is 1. The normalized spacial score (nSPS) is 5.25. The van der Waals surface area contributed by atoms with Gasteiger partial charge in [-0.3, -0.25) is 9.59 Å². The fourth-order valence-electron chi connectivity index (χ4n) is 0. The number of aliphatic hydroxyl groups excluding tert-OH is 1. The molecule has 0 aromatic heterocycles. The first-order valence-electron chi connectivity index (χ1n) is 2.03. The molecule has 0 unspecified atom stereocenters. The molecule has 0 amide bonds. The Kier molecular flexibility index (Phi) is 57.4. The van der Waals surface area contributed by atoms with Gasteiger partial charge in [0.25, 0.3) is 5.97 Å². The zero-order valence-electron chi connectivity index (χ0n) is 10.7. The monoisotopic (exact) mass is 368 g/mol. The molecular formula is C4H13ClO4SSr2. The first-order chi connectivity index (χ1) is 4.00. The molecule has 0 aliphatic heterocycles. The summed E-state index contributed by atoms with van der Waals surface area (Å²) in [6, 6.07) is 0. The third-order valence-corrected chi connectivity index (χ3v) is 0.277. The minimum absolute atomic E-state index is 0. The van der Waals surface area contributed by atoms with Crippen molar-refractivity contribution in [3.8, 4) is 0 Å². The van der Waals surface area contributed by atoms with Crippen molar-refractivity contribution in [3.05, 3.63) is 0 Å². The second-order valence-electron chi connectivity index (χ2n) is 1.07. The van der Waals surface area contributed by atoms with Crippen LogP contribution in [0.2, 0.25) is 0 Å². The summed E-state index contributed by atoms with van der Waals surface area (Å²) in [7, 11) is 0. The molecule has 70 valence electrons. The van der Waals surface area contributed by atoms with Crippen LogP contribution in [0.1, 0.15) is 12.6 Å². The van der Waals surface area contributed by atoms with E-state index >= 15 is 0 Å². The van der Waals surface area contributed by atoms with Crippen LogP contribution in [0.25, 0.3) is 0 Å². The van der Waals surface area contributed by atoms with Gasteiger partial charge in [0.1, 0.15) is 6.61 Å². The molecule has 0 rings (SSSR count).